The summed E-state index contributed by atoms with van der Waals surface area (Å²) < 4.78 is 8.17. The van der Waals surface area contributed by atoms with Gasteiger partial charge < -0.3 is 4.74 Å². The first-order chi connectivity index (χ1) is 8.79. The summed E-state index contributed by atoms with van der Waals surface area (Å²) >= 11 is 1.93. The molecule has 0 aliphatic rings. The van der Waals surface area contributed by atoms with Crippen molar-refractivity contribution in [3.8, 4) is 0 Å². The van der Waals surface area contributed by atoms with E-state index < -0.39 is 11.6 Å². The van der Waals surface area contributed by atoms with Crippen molar-refractivity contribution in [1.82, 2.24) is 7.35 Å². The quantitative estimate of drug-likeness (QED) is 0.599. The Morgan fingerprint density at radius 2 is 1.84 bits per heavy atom. The van der Waals surface area contributed by atoms with Crippen LogP contribution in [0.25, 0.3) is 11.0 Å². The van der Waals surface area contributed by atoms with Gasteiger partial charge in [-0.2, -0.15) is 0 Å². The molecule has 2 aromatic rings. The van der Waals surface area contributed by atoms with Crippen molar-refractivity contribution < 1.29 is 9.53 Å². The average molecular weight is 374 g/mol. The molecule has 102 valence electrons. The average Bonchev–Trinajstić information content (AvgIpc) is 2.53. The number of imidazole rings is 1. The van der Waals surface area contributed by atoms with Gasteiger partial charge in [0.25, 0.3) is 0 Å². The maximum atomic E-state index is 12.1. The largest absolute Gasteiger partial charge is 0.459 e. The summed E-state index contributed by atoms with van der Waals surface area (Å²) in [6.07, 6.45) is 0. The van der Waals surface area contributed by atoms with E-state index >= 15 is 0 Å². The topological polar surface area (TPSA) is 53.2 Å². The Balaban J connectivity index is 2.39. The van der Waals surface area contributed by atoms with Gasteiger partial charge in [0.1, 0.15) is 12.1 Å². The van der Waals surface area contributed by atoms with Gasteiger partial charge >= 0.3 is 11.7 Å². The molecule has 0 fully saturated rings. The molecule has 1 heterocycles. The van der Waals surface area contributed by atoms with Crippen molar-refractivity contribution in [1.29, 1.82) is 0 Å². The van der Waals surface area contributed by atoms with E-state index in [4.69, 9.17) is 4.74 Å². The number of para-hydroxylation sites is 2. The third-order valence-electron chi connectivity index (χ3n) is 2.49. The van der Waals surface area contributed by atoms with E-state index in [2.05, 4.69) is 0 Å². The van der Waals surface area contributed by atoms with Gasteiger partial charge in [0.15, 0.2) is 0 Å². The number of fused-ring (bicyclic) bond motifs is 1. The Hall–Kier alpha value is -1.31. The molecule has 0 aliphatic heterocycles. The third-order valence-corrected chi connectivity index (χ3v) is 3.42. The smallest absolute Gasteiger partial charge is 0.338 e. The van der Waals surface area contributed by atoms with Crippen LogP contribution in [-0.2, 0) is 16.1 Å². The molecule has 0 bridgehead atoms. The van der Waals surface area contributed by atoms with Gasteiger partial charge in [0.05, 0.1) is 33.9 Å². The first-order valence-corrected chi connectivity index (χ1v) is 6.84. The second kappa shape index (κ2) is 4.99. The molecule has 0 aliphatic carbocycles. The highest BCUT2D eigenvalue weighted by Gasteiger charge is 2.19. The zero-order chi connectivity index (χ0) is 14.2. The molecule has 0 radical (unpaired) electrons. The SMILES string of the molecule is CC(C)(C)OC(=O)Cn1c(=O)n(I)c2ccccc21. The molecule has 0 amide bonds. The van der Waals surface area contributed by atoms with Gasteiger partial charge in [0.2, 0.25) is 0 Å². The van der Waals surface area contributed by atoms with Crippen molar-refractivity contribution in [3.63, 3.8) is 0 Å². The van der Waals surface area contributed by atoms with Crippen LogP contribution >= 0.6 is 22.9 Å². The number of nitrogens with zero attached hydrogens (tertiary/aromatic N) is 2. The van der Waals surface area contributed by atoms with Crippen LogP contribution in [0.5, 0.6) is 0 Å². The van der Waals surface area contributed by atoms with Gasteiger partial charge in [-0.3, -0.25) is 9.36 Å². The Kier molecular flexibility index (Phi) is 3.71. The van der Waals surface area contributed by atoms with E-state index in [9.17, 15) is 9.59 Å². The maximum Gasteiger partial charge on any atom is 0.338 e. The number of carbonyl (C=O) groups excluding carboxylic acids is 1. The Morgan fingerprint density at radius 1 is 1.26 bits per heavy atom. The van der Waals surface area contributed by atoms with Crippen LogP contribution in [0.15, 0.2) is 29.1 Å². The molecule has 1 aromatic carbocycles. The highest BCUT2D eigenvalue weighted by molar-refractivity contribution is 14.1. The van der Waals surface area contributed by atoms with Crippen molar-refractivity contribution in [3.05, 3.63) is 34.7 Å². The number of carbonyl (C=O) groups is 1. The summed E-state index contributed by atoms with van der Waals surface area (Å²) in [6, 6.07) is 7.35. The summed E-state index contributed by atoms with van der Waals surface area (Å²) in [7, 11) is 0. The van der Waals surface area contributed by atoms with Crippen LogP contribution in [0, 0.1) is 0 Å². The number of hydrogen-bond donors (Lipinski definition) is 0. The van der Waals surface area contributed by atoms with Crippen LogP contribution in [0.4, 0.5) is 0 Å². The molecular weight excluding hydrogens is 359 g/mol. The van der Waals surface area contributed by atoms with Crippen molar-refractivity contribution in [2.75, 3.05) is 0 Å². The predicted octanol–water partition coefficient (Wildman–Crippen LogP) is 2.34. The fourth-order valence-corrected chi connectivity index (χ4v) is 2.49. The number of halogens is 1. The summed E-state index contributed by atoms with van der Waals surface area (Å²) in [4.78, 5) is 23.9. The molecule has 1 aromatic heterocycles. The second-order valence-electron chi connectivity index (χ2n) is 5.22. The minimum absolute atomic E-state index is 0.0768. The van der Waals surface area contributed by atoms with Crippen LogP contribution in [0.3, 0.4) is 0 Å². The normalized spacial score (nSPS) is 11.8. The first-order valence-electron chi connectivity index (χ1n) is 5.88. The monoisotopic (exact) mass is 374 g/mol. The van der Waals surface area contributed by atoms with E-state index in [-0.39, 0.29) is 12.2 Å². The highest BCUT2D eigenvalue weighted by atomic mass is 127. The third kappa shape index (κ3) is 2.99. The molecular formula is C13H15IN2O3. The number of hydrogen-bond acceptors (Lipinski definition) is 3. The summed E-state index contributed by atoms with van der Waals surface area (Å²) in [5.41, 5.74) is 0.737. The summed E-state index contributed by atoms with van der Waals surface area (Å²) in [5.74, 6) is -0.414. The minimum atomic E-state index is -0.552. The first kappa shape index (κ1) is 14.1. The van der Waals surface area contributed by atoms with Gasteiger partial charge in [-0.1, -0.05) is 12.1 Å². The van der Waals surface area contributed by atoms with Crippen LogP contribution < -0.4 is 5.69 Å². The van der Waals surface area contributed by atoms with Gasteiger partial charge in [-0.15, -0.1) is 0 Å². The lowest BCUT2D eigenvalue weighted by molar-refractivity contribution is -0.155. The molecule has 0 spiro atoms. The van der Waals surface area contributed by atoms with E-state index in [1.165, 1.54) is 7.35 Å². The maximum absolute atomic E-state index is 12.1. The molecule has 2 rings (SSSR count). The second-order valence-corrected chi connectivity index (χ2v) is 6.19. The van der Waals surface area contributed by atoms with E-state index in [0.29, 0.717) is 0 Å². The van der Waals surface area contributed by atoms with E-state index in [1.807, 2.05) is 47.1 Å². The van der Waals surface area contributed by atoms with Gasteiger partial charge in [-0.25, -0.2) is 7.58 Å². The van der Waals surface area contributed by atoms with Crippen LogP contribution in [-0.4, -0.2) is 18.9 Å². The summed E-state index contributed by atoms with van der Waals surface area (Å²) in [6.45, 7) is 5.33. The standard InChI is InChI=1S/C13H15IN2O3/c1-13(2,3)19-11(17)8-15-9-6-4-5-7-10(9)16(14)12(15)18/h4-7H,8H2,1-3H3. The number of ether oxygens (including phenoxy) is 1. The molecule has 6 heteroatoms. The van der Waals surface area contributed by atoms with Crippen molar-refractivity contribution >= 4 is 39.9 Å². The molecule has 5 nitrogen and oxygen atoms in total. The van der Waals surface area contributed by atoms with Crippen LogP contribution in [0.2, 0.25) is 0 Å². The fourth-order valence-electron chi connectivity index (χ4n) is 1.83. The van der Waals surface area contributed by atoms with Crippen molar-refractivity contribution in [2.45, 2.75) is 32.9 Å². The molecule has 0 saturated heterocycles. The van der Waals surface area contributed by atoms with E-state index in [0.717, 1.165) is 11.0 Å². The lowest BCUT2D eigenvalue weighted by Crippen LogP contribution is -2.30. The van der Waals surface area contributed by atoms with Crippen LogP contribution in [0.1, 0.15) is 20.8 Å². The molecule has 19 heavy (non-hydrogen) atoms. The zero-order valence-corrected chi connectivity index (χ0v) is 13.2. The predicted molar refractivity (Wildman–Crippen MR) is 81.5 cm³/mol. The van der Waals surface area contributed by atoms with Crippen molar-refractivity contribution in [2.24, 2.45) is 0 Å². The summed E-state index contributed by atoms with van der Waals surface area (Å²) in [5, 5.41) is 0. The Labute approximate surface area is 124 Å². The minimum Gasteiger partial charge on any atom is -0.459 e. The molecule has 0 unspecified atom stereocenters. The molecule has 0 N–H and O–H groups in total. The lowest BCUT2D eigenvalue weighted by atomic mass is 10.2. The molecule has 0 atom stereocenters. The Morgan fingerprint density at radius 3 is 2.42 bits per heavy atom. The van der Waals surface area contributed by atoms with Gasteiger partial charge in [-0.05, 0) is 32.9 Å². The highest BCUT2D eigenvalue weighted by Crippen LogP contribution is 2.15. The number of esters is 1. The van der Waals surface area contributed by atoms with E-state index in [1.54, 1.807) is 20.8 Å². The molecule has 0 saturated carbocycles. The fraction of sp³-hybridized carbons (Fsp3) is 0.385. The van der Waals surface area contributed by atoms with Gasteiger partial charge in [0, 0.05) is 0 Å². The zero-order valence-electron chi connectivity index (χ0n) is 11.0. The number of aromatic nitrogens is 2. The number of rotatable bonds is 2. The number of benzene rings is 1. The Bertz CT molecular complexity index is 679. The lowest BCUT2D eigenvalue weighted by Gasteiger charge is -2.19.